The fourth-order valence-corrected chi connectivity index (χ4v) is 0.727. The van der Waals surface area contributed by atoms with Crippen LogP contribution in [0.1, 0.15) is 0 Å². The van der Waals surface area contributed by atoms with Crippen LogP contribution < -0.4 is 9.47 Å². The molecule has 0 fully saturated rings. The number of hydrogen-bond acceptors (Lipinski definition) is 4. The molecule has 0 N–H and O–H groups in total. The van der Waals surface area contributed by atoms with E-state index >= 15 is 0 Å². The summed E-state index contributed by atoms with van der Waals surface area (Å²) in [6.45, 7) is 0. The summed E-state index contributed by atoms with van der Waals surface area (Å²) in [6.07, 6.45) is 0. The Kier molecular flexibility index (Phi) is 2.01. The van der Waals surface area contributed by atoms with Crippen LogP contribution in [0.4, 0.5) is 0 Å². The topological polar surface area (TPSA) is 44.5 Å². The molecule has 0 bridgehead atoms. The van der Waals surface area contributed by atoms with Crippen molar-refractivity contribution in [3.05, 3.63) is 5.02 Å². The maximum atomic E-state index is 5.62. The molecule has 56 valence electrons. The highest BCUT2D eigenvalue weighted by molar-refractivity contribution is 6.33. The molecule has 0 aliphatic rings. The van der Waals surface area contributed by atoms with Crippen molar-refractivity contribution < 1.29 is 14.0 Å². The van der Waals surface area contributed by atoms with E-state index in [0.29, 0.717) is 0 Å². The van der Waals surface area contributed by atoms with Gasteiger partial charge in [0.15, 0.2) is 5.02 Å². The molecule has 0 radical (unpaired) electrons. The highest BCUT2D eigenvalue weighted by Gasteiger charge is 2.13. The van der Waals surface area contributed by atoms with E-state index in [1.807, 2.05) is 0 Å². The quantitative estimate of drug-likeness (QED) is 0.660. The molecule has 0 spiro atoms. The number of methoxy groups -OCH3 is 2. The van der Waals surface area contributed by atoms with E-state index in [9.17, 15) is 0 Å². The van der Waals surface area contributed by atoms with E-state index in [2.05, 4.69) is 14.4 Å². The van der Waals surface area contributed by atoms with Gasteiger partial charge in [0.05, 0.1) is 14.2 Å². The van der Waals surface area contributed by atoms with Gasteiger partial charge in [0, 0.05) is 0 Å². The molecule has 0 atom stereocenters. The van der Waals surface area contributed by atoms with Crippen LogP contribution >= 0.6 is 11.6 Å². The summed E-state index contributed by atoms with van der Waals surface area (Å²) < 4.78 is 14.0. The number of ether oxygens (including phenoxy) is 2. The molecule has 0 amide bonds. The highest BCUT2D eigenvalue weighted by atomic mass is 35.5. The second-order valence-electron chi connectivity index (χ2n) is 1.50. The molecule has 4 nitrogen and oxygen atoms in total. The Hall–Kier alpha value is -0.900. The van der Waals surface area contributed by atoms with Gasteiger partial charge in [-0.05, 0) is 5.16 Å². The van der Waals surface area contributed by atoms with Crippen LogP contribution in [-0.2, 0) is 0 Å². The Labute approximate surface area is 62.7 Å². The lowest BCUT2D eigenvalue weighted by Crippen LogP contribution is -1.82. The summed E-state index contributed by atoms with van der Waals surface area (Å²) in [7, 11) is 2.88. The molecular weight excluding hydrogens is 158 g/mol. The average molecular weight is 164 g/mol. The maximum Gasteiger partial charge on any atom is 0.334 e. The van der Waals surface area contributed by atoms with E-state index in [4.69, 9.17) is 16.3 Å². The standard InChI is InChI=1S/C5H6ClNO3/c1-8-4-3(6)5(9-2)10-7-4/h1-2H3. The van der Waals surface area contributed by atoms with Crippen LogP contribution in [-0.4, -0.2) is 19.4 Å². The fourth-order valence-electron chi connectivity index (χ4n) is 0.504. The number of hydrogen-bond donors (Lipinski definition) is 0. The predicted molar refractivity (Wildman–Crippen MR) is 34.6 cm³/mol. The zero-order chi connectivity index (χ0) is 7.56. The monoisotopic (exact) mass is 163 g/mol. The van der Waals surface area contributed by atoms with Crippen molar-refractivity contribution in [2.45, 2.75) is 0 Å². The van der Waals surface area contributed by atoms with E-state index < -0.39 is 0 Å². The maximum absolute atomic E-state index is 5.62. The first kappa shape index (κ1) is 7.21. The smallest absolute Gasteiger partial charge is 0.334 e. The molecule has 10 heavy (non-hydrogen) atoms. The first-order valence-corrected chi connectivity index (χ1v) is 2.90. The van der Waals surface area contributed by atoms with Crippen LogP contribution in [0.2, 0.25) is 5.02 Å². The van der Waals surface area contributed by atoms with E-state index in [1.165, 1.54) is 14.2 Å². The zero-order valence-electron chi connectivity index (χ0n) is 5.55. The van der Waals surface area contributed by atoms with Gasteiger partial charge < -0.3 is 14.0 Å². The molecule has 0 aliphatic heterocycles. The second kappa shape index (κ2) is 2.79. The fraction of sp³-hybridized carbons (Fsp3) is 0.400. The van der Waals surface area contributed by atoms with Crippen molar-refractivity contribution in [3.63, 3.8) is 0 Å². The molecule has 1 rings (SSSR count). The predicted octanol–water partition coefficient (Wildman–Crippen LogP) is 1.35. The summed E-state index contributed by atoms with van der Waals surface area (Å²) in [5.41, 5.74) is 0. The van der Waals surface area contributed by atoms with Crippen molar-refractivity contribution in [3.8, 4) is 11.8 Å². The van der Waals surface area contributed by atoms with Crippen molar-refractivity contribution in [1.82, 2.24) is 5.16 Å². The Bertz CT molecular complexity index is 201. The van der Waals surface area contributed by atoms with E-state index in [0.717, 1.165) is 0 Å². The van der Waals surface area contributed by atoms with Crippen LogP contribution in [0.3, 0.4) is 0 Å². The third-order valence-corrected chi connectivity index (χ3v) is 1.27. The van der Waals surface area contributed by atoms with Crippen LogP contribution in [0, 0.1) is 0 Å². The Morgan fingerprint density at radius 2 is 2.10 bits per heavy atom. The lowest BCUT2D eigenvalue weighted by atomic mass is 10.6. The number of aromatic nitrogens is 1. The van der Waals surface area contributed by atoms with Gasteiger partial charge in [0.1, 0.15) is 0 Å². The second-order valence-corrected chi connectivity index (χ2v) is 1.88. The minimum absolute atomic E-state index is 0.165. The van der Waals surface area contributed by atoms with Gasteiger partial charge in [-0.2, -0.15) is 0 Å². The average Bonchev–Trinajstić information content (AvgIpc) is 2.30. The minimum Gasteiger partial charge on any atom is -0.478 e. The molecule has 0 aliphatic carbocycles. The summed E-state index contributed by atoms with van der Waals surface area (Å²) in [6, 6.07) is 0. The van der Waals surface area contributed by atoms with Crippen LogP contribution in [0.5, 0.6) is 11.8 Å². The van der Waals surface area contributed by atoms with Gasteiger partial charge in [0.25, 0.3) is 5.88 Å². The van der Waals surface area contributed by atoms with Gasteiger partial charge in [-0.1, -0.05) is 11.6 Å². The molecule has 0 saturated carbocycles. The zero-order valence-corrected chi connectivity index (χ0v) is 6.31. The van der Waals surface area contributed by atoms with Gasteiger partial charge in [-0.25, -0.2) is 0 Å². The molecule has 1 heterocycles. The Morgan fingerprint density at radius 3 is 2.40 bits per heavy atom. The van der Waals surface area contributed by atoms with Crippen LogP contribution in [0.15, 0.2) is 4.52 Å². The first-order chi connectivity index (χ1) is 4.79. The van der Waals surface area contributed by atoms with Crippen molar-refractivity contribution >= 4 is 11.6 Å². The molecule has 1 aromatic heterocycles. The van der Waals surface area contributed by atoms with Gasteiger partial charge in [-0.3, -0.25) is 0 Å². The molecule has 0 saturated heterocycles. The summed E-state index contributed by atoms with van der Waals surface area (Å²) in [4.78, 5) is 0. The molecule has 5 heteroatoms. The highest BCUT2D eigenvalue weighted by Crippen LogP contribution is 2.32. The van der Waals surface area contributed by atoms with Gasteiger partial charge in [0.2, 0.25) is 0 Å². The lowest BCUT2D eigenvalue weighted by molar-refractivity contribution is 0.252. The molecule has 1 aromatic rings. The van der Waals surface area contributed by atoms with E-state index in [-0.39, 0.29) is 16.8 Å². The SMILES string of the molecule is COc1noc(OC)c1Cl. The van der Waals surface area contributed by atoms with Gasteiger partial charge in [-0.15, -0.1) is 0 Å². The third-order valence-electron chi connectivity index (χ3n) is 0.957. The Balaban J connectivity index is 2.97. The third kappa shape index (κ3) is 1.02. The van der Waals surface area contributed by atoms with E-state index in [1.54, 1.807) is 0 Å². The van der Waals surface area contributed by atoms with Crippen molar-refractivity contribution in [1.29, 1.82) is 0 Å². The van der Waals surface area contributed by atoms with Crippen molar-refractivity contribution in [2.75, 3.05) is 14.2 Å². The first-order valence-electron chi connectivity index (χ1n) is 2.52. The molecule has 0 unspecified atom stereocenters. The number of halogens is 1. The van der Waals surface area contributed by atoms with Crippen LogP contribution in [0.25, 0.3) is 0 Å². The van der Waals surface area contributed by atoms with Crippen molar-refractivity contribution in [2.24, 2.45) is 0 Å². The summed E-state index contributed by atoms with van der Waals surface area (Å²) in [5, 5.41) is 3.71. The lowest BCUT2D eigenvalue weighted by Gasteiger charge is -1.90. The molecular formula is C5H6ClNO3. The number of nitrogens with zero attached hydrogens (tertiary/aromatic N) is 1. The normalized spacial score (nSPS) is 9.50. The van der Waals surface area contributed by atoms with Gasteiger partial charge >= 0.3 is 5.95 Å². The summed E-state index contributed by atoms with van der Waals surface area (Å²) >= 11 is 5.62. The number of rotatable bonds is 2. The Morgan fingerprint density at radius 1 is 1.40 bits per heavy atom. The molecule has 0 aromatic carbocycles. The minimum atomic E-state index is 0.165. The largest absolute Gasteiger partial charge is 0.478 e. The summed E-state index contributed by atoms with van der Waals surface area (Å²) in [5.74, 6) is 0.400.